The molecule has 0 aliphatic carbocycles. The summed E-state index contributed by atoms with van der Waals surface area (Å²) < 4.78 is 0. The Bertz CT molecular complexity index is 985. The smallest absolute Gasteiger partial charge is 0.312 e. The zero-order valence-corrected chi connectivity index (χ0v) is 24.0. The summed E-state index contributed by atoms with van der Waals surface area (Å²) in [4.78, 5) is 97.1. The molecule has 8 amide bonds. The highest BCUT2D eigenvalue weighted by atomic mass is 16.2. The summed E-state index contributed by atoms with van der Waals surface area (Å²) >= 11 is 0. The Labute approximate surface area is 239 Å². The van der Waals surface area contributed by atoms with E-state index in [1.807, 2.05) is 13.8 Å². The van der Waals surface area contributed by atoms with Crippen LogP contribution >= 0.6 is 0 Å². The summed E-state index contributed by atoms with van der Waals surface area (Å²) in [5.74, 6) is -3.08. The minimum atomic E-state index is -1.07. The second-order valence-corrected chi connectivity index (χ2v) is 10.1. The van der Waals surface area contributed by atoms with Gasteiger partial charge in [0.15, 0.2) is 0 Å². The van der Waals surface area contributed by atoms with Gasteiger partial charge in [0.1, 0.15) is 11.8 Å². The number of urea groups is 1. The van der Waals surface area contributed by atoms with Crippen LogP contribution in [0.5, 0.6) is 0 Å². The number of hydrogen-bond donors (Lipinski definition) is 6. The molecule has 1 heterocycles. The van der Waals surface area contributed by atoms with E-state index in [9.17, 15) is 38.4 Å². The molecule has 15 heteroatoms. The largest absolute Gasteiger partial charge is 0.354 e. The molecule has 1 aliphatic heterocycles. The van der Waals surface area contributed by atoms with E-state index in [0.717, 1.165) is 0 Å². The van der Waals surface area contributed by atoms with E-state index < -0.39 is 42.2 Å². The lowest BCUT2D eigenvalue weighted by Gasteiger charge is -2.19. The van der Waals surface area contributed by atoms with E-state index in [1.165, 1.54) is 4.90 Å². The molecule has 1 aliphatic rings. The number of Topliss-reactive ketones (excluding diaryl/α,β-unsaturated/α-hetero) is 1. The minimum absolute atomic E-state index is 0.00894. The summed E-state index contributed by atoms with van der Waals surface area (Å²) in [6.07, 6.45) is 1.32. The summed E-state index contributed by atoms with van der Waals surface area (Å²) in [6.45, 7) is 5.08. The molecule has 0 aromatic rings. The van der Waals surface area contributed by atoms with Crippen LogP contribution < -0.4 is 32.3 Å². The van der Waals surface area contributed by atoms with E-state index in [4.69, 9.17) is 5.73 Å². The zero-order chi connectivity index (χ0) is 30.9. The van der Waals surface area contributed by atoms with Crippen molar-refractivity contribution in [2.24, 2.45) is 17.6 Å². The third kappa shape index (κ3) is 13.7. The fraction of sp³-hybridized carbons (Fsp3) is 0.692. The molecular formula is C26H43N7O8. The summed E-state index contributed by atoms with van der Waals surface area (Å²) in [5, 5.41) is 12.2. The molecule has 1 rings (SSSR count). The number of nitrogens with zero attached hydrogens (tertiary/aromatic N) is 1. The molecule has 0 bridgehead atoms. The van der Waals surface area contributed by atoms with Crippen LogP contribution in [0.4, 0.5) is 4.79 Å². The first kappa shape index (κ1) is 35.0. The van der Waals surface area contributed by atoms with Crippen molar-refractivity contribution in [1.29, 1.82) is 0 Å². The lowest BCUT2D eigenvalue weighted by Crippen LogP contribution is -2.51. The van der Waals surface area contributed by atoms with Crippen LogP contribution in [0.1, 0.15) is 65.7 Å². The number of carbonyl (C=O) groups excluding carboxylic acids is 8. The average Bonchev–Trinajstić information content (AvgIpc) is 3.20. The maximum Gasteiger partial charge on any atom is 0.312 e. The van der Waals surface area contributed by atoms with Gasteiger partial charge >= 0.3 is 6.03 Å². The average molecular weight is 582 g/mol. The highest BCUT2D eigenvalue weighted by Gasteiger charge is 2.39. The molecule has 1 fully saturated rings. The molecule has 15 nitrogen and oxygen atoms in total. The van der Waals surface area contributed by atoms with Crippen LogP contribution in [0.25, 0.3) is 0 Å². The highest BCUT2D eigenvalue weighted by Crippen LogP contribution is 2.26. The number of imide groups is 1. The Kier molecular flexibility index (Phi) is 15.6. The molecule has 0 radical (unpaired) electrons. The van der Waals surface area contributed by atoms with Crippen molar-refractivity contribution in [3.8, 4) is 0 Å². The molecule has 2 unspecified atom stereocenters. The minimum Gasteiger partial charge on any atom is -0.354 e. The fourth-order valence-corrected chi connectivity index (χ4v) is 4.03. The molecule has 41 heavy (non-hydrogen) atoms. The van der Waals surface area contributed by atoms with Crippen LogP contribution in [0, 0.1) is 11.8 Å². The third-order valence-electron chi connectivity index (χ3n) is 6.48. The van der Waals surface area contributed by atoms with Crippen LogP contribution in [0.3, 0.4) is 0 Å². The van der Waals surface area contributed by atoms with Gasteiger partial charge in [0.05, 0.1) is 13.1 Å². The van der Waals surface area contributed by atoms with Crippen molar-refractivity contribution in [3.05, 3.63) is 0 Å². The first-order valence-corrected chi connectivity index (χ1v) is 13.8. The van der Waals surface area contributed by atoms with Crippen molar-refractivity contribution in [1.82, 2.24) is 31.5 Å². The molecule has 0 saturated carbocycles. The molecule has 0 spiro atoms. The highest BCUT2D eigenvalue weighted by molar-refractivity contribution is 6.03. The summed E-state index contributed by atoms with van der Waals surface area (Å²) in [7, 11) is 0. The number of primary amides is 1. The predicted octanol–water partition coefficient (Wildman–Crippen LogP) is -1.55. The van der Waals surface area contributed by atoms with E-state index in [2.05, 4.69) is 26.6 Å². The van der Waals surface area contributed by atoms with Crippen LogP contribution in [-0.4, -0.2) is 90.9 Å². The van der Waals surface area contributed by atoms with Gasteiger partial charge in [0.25, 0.3) is 0 Å². The Morgan fingerprint density at radius 3 is 2.17 bits per heavy atom. The van der Waals surface area contributed by atoms with Crippen LogP contribution in [0.15, 0.2) is 0 Å². The Morgan fingerprint density at radius 1 is 0.878 bits per heavy atom. The lowest BCUT2D eigenvalue weighted by atomic mass is 9.94. The second kappa shape index (κ2) is 18.3. The fourth-order valence-electron chi connectivity index (χ4n) is 4.03. The Balaban J connectivity index is 2.50. The number of carbonyl (C=O) groups is 8. The van der Waals surface area contributed by atoms with E-state index in [-0.39, 0.29) is 94.1 Å². The van der Waals surface area contributed by atoms with Gasteiger partial charge in [-0.1, -0.05) is 20.8 Å². The van der Waals surface area contributed by atoms with Gasteiger partial charge in [0, 0.05) is 51.2 Å². The van der Waals surface area contributed by atoms with E-state index >= 15 is 0 Å². The second-order valence-electron chi connectivity index (χ2n) is 10.1. The SMILES string of the molecule is CCC(=O)CCNC(=O)CNC(=O)C(CCCNC(N)=O)NC(=O)CNC(=O)CCCN1C(=O)CC(C(C)C)C1=O. The summed E-state index contributed by atoms with van der Waals surface area (Å²) in [6, 6.07) is -1.81. The van der Waals surface area contributed by atoms with Crippen molar-refractivity contribution < 1.29 is 38.4 Å². The number of hydrogen-bond acceptors (Lipinski definition) is 8. The molecule has 230 valence electrons. The standard InChI is InChI=1S/C26H43N7O8/c1-4-17(34)9-11-28-21(36)14-31-24(39)19(7-5-10-29-26(27)41)32-22(37)15-30-20(35)8-6-12-33-23(38)13-18(16(2)3)25(33)40/h16,18-19H,4-15H2,1-3H3,(H,28,36)(H,30,35)(H,31,39)(H,32,37)(H3,27,29,41). The molecule has 0 aromatic carbocycles. The quantitative estimate of drug-likeness (QED) is 0.0771. The van der Waals surface area contributed by atoms with E-state index in [0.29, 0.717) is 6.42 Å². The molecule has 2 atom stereocenters. The van der Waals surface area contributed by atoms with Crippen molar-refractivity contribution in [2.75, 3.05) is 32.7 Å². The van der Waals surface area contributed by atoms with Gasteiger partial charge in [-0.15, -0.1) is 0 Å². The topological polar surface area (TPSA) is 226 Å². The molecule has 7 N–H and O–H groups in total. The van der Waals surface area contributed by atoms with Crippen LogP contribution in [0.2, 0.25) is 0 Å². The number of nitrogens with one attached hydrogen (secondary N) is 5. The Hall–Kier alpha value is -4.04. The van der Waals surface area contributed by atoms with Gasteiger partial charge in [-0.05, 0) is 25.2 Å². The monoisotopic (exact) mass is 581 g/mol. The first-order chi connectivity index (χ1) is 19.3. The number of amides is 8. The van der Waals surface area contributed by atoms with Crippen molar-refractivity contribution in [2.45, 2.75) is 71.8 Å². The molecule has 0 aromatic heterocycles. The molecule has 1 saturated heterocycles. The summed E-state index contributed by atoms with van der Waals surface area (Å²) in [5.41, 5.74) is 5.03. The van der Waals surface area contributed by atoms with Gasteiger partial charge in [-0.2, -0.15) is 0 Å². The number of likely N-dealkylation sites (tertiary alicyclic amines) is 1. The van der Waals surface area contributed by atoms with Gasteiger partial charge in [-0.3, -0.25) is 38.5 Å². The number of nitrogens with two attached hydrogens (primary N) is 1. The molecular weight excluding hydrogens is 538 g/mol. The lowest BCUT2D eigenvalue weighted by molar-refractivity contribution is -0.140. The van der Waals surface area contributed by atoms with Gasteiger partial charge in [0.2, 0.25) is 35.4 Å². The maximum atomic E-state index is 12.6. The normalized spacial score (nSPS) is 15.3. The Morgan fingerprint density at radius 2 is 1.56 bits per heavy atom. The maximum absolute atomic E-state index is 12.6. The van der Waals surface area contributed by atoms with Crippen LogP contribution in [-0.2, 0) is 33.6 Å². The zero-order valence-electron chi connectivity index (χ0n) is 24.0. The van der Waals surface area contributed by atoms with Crippen molar-refractivity contribution >= 4 is 47.3 Å². The van der Waals surface area contributed by atoms with E-state index in [1.54, 1.807) is 6.92 Å². The van der Waals surface area contributed by atoms with Gasteiger partial charge < -0.3 is 32.3 Å². The predicted molar refractivity (Wildman–Crippen MR) is 147 cm³/mol. The number of ketones is 1. The van der Waals surface area contributed by atoms with Gasteiger partial charge in [-0.25, -0.2) is 4.79 Å². The van der Waals surface area contributed by atoms with Crippen molar-refractivity contribution in [3.63, 3.8) is 0 Å². The first-order valence-electron chi connectivity index (χ1n) is 13.8. The number of rotatable bonds is 19. The third-order valence-corrected chi connectivity index (χ3v) is 6.48.